The van der Waals surface area contributed by atoms with Gasteiger partial charge in [0.1, 0.15) is 0 Å². The molecule has 10 heteroatoms. The molecule has 2 aromatic carbocycles. The number of benzene rings is 2. The summed E-state index contributed by atoms with van der Waals surface area (Å²) in [7, 11) is 1.69. The molecule has 1 saturated heterocycles. The maximum Gasteiger partial charge on any atom is 0.418 e. The average Bonchev–Trinajstić information content (AvgIpc) is 3.29. The molecular weight excluding hydrogens is 449 g/mol. The number of hydrogen-bond acceptors (Lipinski definition) is 6. The lowest BCUT2D eigenvalue weighted by Gasteiger charge is -2.31. The van der Waals surface area contributed by atoms with Crippen molar-refractivity contribution in [3.05, 3.63) is 53.6 Å². The molecule has 1 fully saturated rings. The number of alkyl halides is 3. The topological polar surface area (TPSA) is 82.7 Å². The molecule has 1 aliphatic heterocycles. The smallest absolute Gasteiger partial charge is 0.418 e. The highest BCUT2D eigenvalue weighted by Crippen LogP contribution is 2.40. The number of aromatic nitrogens is 2. The van der Waals surface area contributed by atoms with Gasteiger partial charge in [-0.15, -0.1) is 0 Å². The predicted octanol–water partition coefficient (Wildman–Crippen LogP) is 4.93. The molecule has 0 saturated carbocycles. The van der Waals surface area contributed by atoms with Gasteiger partial charge in [-0.05, 0) is 56.1 Å². The number of carbonyl (C=O) groups is 1. The van der Waals surface area contributed by atoms with Crippen LogP contribution in [0.25, 0.3) is 22.8 Å². The number of carboxylic acids is 1. The Kier molecular flexibility index (Phi) is 6.87. The summed E-state index contributed by atoms with van der Waals surface area (Å²) in [5, 5.41) is 12.9. The third-order valence-corrected chi connectivity index (χ3v) is 5.71. The van der Waals surface area contributed by atoms with Crippen molar-refractivity contribution in [3.63, 3.8) is 0 Å². The molecule has 1 N–H and O–H groups in total. The molecule has 0 spiro atoms. The number of carboxylic acid groups (broad SMARTS) is 1. The number of likely N-dealkylation sites (N-methyl/N-ethyl adjacent to an activating group) is 1. The first kappa shape index (κ1) is 23.7. The van der Waals surface area contributed by atoms with Gasteiger partial charge in [-0.1, -0.05) is 23.4 Å². The SMILES string of the molecule is CN(CC(=O)O)Cc1cccc(-c2noc(-c3ccc(N4CCCCC4)c(C(F)(F)F)c3)n2)c1. The molecule has 0 bridgehead atoms. The molecule has 2 heterocycles. The number of hydrogen-bond donors (Lipinski definition) is 1. The molecule has 4 rings (SSSR count). The molecule has 7 nitrogen and oxygen atoms in total. The first-order chi connectivity index (χ1) is 16.2. The van der Waals surface area contributed by atoms with Crippen LogP contribution in [0.3, 0.4) is 0 Å². The molecule has 0 amide bonds. The second kappa shape index (κ2) is 9.84. The van der Waals surface area contributed by atoms with Crippen molar-refractivity contribution < 1.29 is 27.6 Å². The van der Waals surface area contributed by atoms with E-state index in [-0.39, 0.29) is 29.5 Å². The van der Waals surface area contributed by atoms with Crippen LogP contribution in [-0.4, -0.2) is 52.8 Å². The summed E-state index contributed by atoms with van der Waals surface area (Å²) in [4.78, 5) is 18.6. The summed E-state index contributed by atoms with van der Waals surface area (Å²) in [6, 6.07) is 11.3. The zero-order chi connectivity index (χ0) is 24.3. The summed E-state index contributed by atoms with van der Waals surface area (Å²) in [5.74, 6) is -0.684. The van der Waals surface area contributed by atoms with E-state index in [2.05, 4.69) is 10.1 Å². The Morgan fingerprint density at radius 2 is 1.88 bits per heavy atom. The van der Waals surface area contributed by atoms with Gasteiger partial charge in [0.15, 0.2) is 0 Å². The quantitative estimate of drug-likeness (QED) is 0.520. The number of nitrogens with zero attached hydrogens (tertiary/aromatic N) is 4. The summed E-state index contributed by atoms with van der Waals surface area (Å²) >= 11 is 0. The highest BCUT2D eigenvalue weighted by atomic mass is 19.4. The van der Waals surface area contributed by atoms with Crippen LogP contribution in [0.15, 0.2) is 47.0 Å². The fourth-order valence-corrected chi connectivity index (χ4v) is 4.17. The minimum Gasteiger partial charge on any atom is -0.480 e. The molecule has 1 aromatic heterocycles. The standard InChI is InChI=1S/C24H25F3N4O3/c1-30(15-21(32)33)14-16-6-5-7-17(12-16)22-28-23(34-29-22)18-8-9-20(19(13-18)24(25,26)27)31-10-3-2-4-11-31/h5-9,12-13H,2-4,10-11,14-15H2,1H3,(H,32,33). The maximum atomic E-state index is 13.9. The Morgan fingerprint density at radius 3 is 2.59 bits per heavy atom. The summed E-state index contributed by atoms with van der Waals surface area (Å²) < 4.78 is 46.9. The van der Waals surface area contributed by atoms with Crippen molar-refractivity contribution >= 4 is 11.7 Å². The normalized spacial score (nSPS) is 14.6. The molecule has 0 aliphatic carbocycles. The summed E-state index contributed by atoms with van der Waals surface area (Å²) in [5.41, 5.74) is 1.13. The minimum absolute atomic E-state index is 0.000840. The van der Waals surface area contributed by atoms with Crippen molar-refractivity contribution in [1.29, 1.82) is 0 Å². The van der Waals surface area contributed by atoms with E-state index in [0.717, 1.165) is 30.9 Å². The lowest BCUT2D eigenvalue weighted by Crippen LogP contribution is -2.31. The van der Waals surface area contributed by atoms with Crippen molar-refractivity contribution in [1.82, 2.24) is 15.0 Å². The first-order valence-electron chi connectivity index (χ1n) is 11.0. The van der Waals surface area contributed by atoms with E-state index in [1.165, 1.54) is 6.07 Å². The Hall–Kier alpha value is -3.40. The zero-order valence-electron chi connectivity index (χ0n) is 18.7. The largest absolute Gasteiger partial charge is 0.480 e. The fraction of sp³-hybridized carbons (Fsp3) is 0.375. The second-order valence-electron chi connectivity index (χ2n) is 8.47. The van der Waals surface area contributed by atoms with E-state index in [1.807, 2.05) is 6.07 Å². The minimum atomic E-state index is -4.51. The van der Waals surface area contributed by atoms with E-state index in [1.54, 1.807) is 41.1 Å². The Labute approximate surface area is 194 Å². The molecule has 0 unspecified atom stereocenters. The predicted molar refractivity (Wildman–Crippen MR) is 120 cm³/mol. The highest BCUT2D eigenvalue weighted by molar-refractivity contribution is 5.69. The molecule has 0 atom stereocenters. The molecule has 0 radical (unpaired) electrons. The molecule has 180 valence electrons. The van der Waals surface area contributed by atoms with Crippen LogP contribution in [0.2, 0.25) is 0 Å². The zero-order valence-corrected chi connectivity index (χ0v) is 18.7. The van der Waals surface area contributed by atoms with Gasteiger partial charge in [-0.3, -0.25) is 9.69 Å². The number of anilines is 1. The van der Waals surface area contributed by atoms with Gasteiger partial charge in [-0.25, -0.2) is 0 Å². The molecule has 34 heavy (non-hydrogen) atoms. The summed E-state index contributed by atoms with van der Waals surface area (Å²) in [6.07, 6.45) is -1.74. The molecule has 1 aliphatic rings. The van der Waals surface area contributed by atoms with Crippen LogP contribution >= 0.6 is 0 Å². The number of rotatable bonds is 7. The van der Waals surface area contributed by atoms with Gasteiger partial charge in [0, 0.05) is 36.4 Å². The highest BCUT2D eigenvalue weighted by Gasteiger charge is 2.36. The van der Waals surface area contributed by atoms with Crippen LogP contribution in [-0.2, 0) is 17.5 Å². The van der Waals surface area contributed by atoms with Gasteiger partial charge in [0.2, 0.25) is 5.82 Å². The van der Waals surface area contributed by atoms with Crippen molar-refractivity contribution in [3.8, 4) is 22.8 Å². The third kappa shape index (κ3) is 5.56. The third-order valence-electron chi connectivity index (χ3n) is 5.71. The van der Waals surface area contributed by atoms with Gasteiger partial charge < -0.3 is 14.5 Å². The summed E-state index contributed by atoms with van der Waals surface area (Å²) in [6.45, 7) is 1.50. The first-order valence-corrected chi connectivity index (χ1v) is 11.0. The van der Waals surface area contributed by atoms with Crippen LogP contribution in [0, 0.1) is 0 Å². The van der Waals surface area contributed by atoms with Gasteiger partial charge >= 0.3 is 12.1 Å². The van der Waals surface area contributed by atoms with Crippen LogP contribution in [0.4, 0.5) is 18.9 Å². The maximum absolute atomic E-state index is 13.9. The van der Waals surface area contributed by atoms with Crippen LogP contribution < -0.4 is 4.90 Å². The molecule has 3 aromatic rings. The average molecular weight is 474 g/mol. The lowest BCUT2D eigenvalue weighted by atomic mass is 10.0. The fourth-order valence-electron chi connectivity index (χ4n) is 4.17. The van der Waals surface area contributed by atoms with Gasteiger partial charge in [0.05, 0.1) is 12.1 Å². The van der Waals surface area contributed by atoms with E-state index in [4.69, 9.17) is 9.63 Å². The molecular formula is C24H25F3N4O3. The monoisotopic (exact) mass is 474 g/mol. The van der Waals surface area contributed by atoms with E-state index >= 15 is 0 Å². The Balaban J connectivity index is 1.59. The van der Waals surface area contributed by atoms with Crippen LogP contribution in [0.1, 0.15) is 30.4 Å². The van der Waals surface area contributed by atoms with E-state index < -0.39 is 17.7 Å². The van der Waals surface area contributed by atoms with Crippen molar-refractivity contribution in [2.45, 2.75) is 32.0 Å². The number of aliphatic carboxylic acids is 1. The van der Waals surface area contributed by atoms with E-state index in [0.29, 0.717) is 25.2 Å². The number of halogens is 3. The number of piperidine rings is 1. The van der Waals surface area contributed by atoms with Crippen molar-refractivity contribution in [2.75, 3.05) is 31.6 Å². The van der Waals surface area contributed by atoms with Gasteiger partial charge in [0.25, 0.3) is 5.89 Å². The Bertz CT molecular complexity index is 1160. The second-order valence-corrected chi connectivity index (χ2v) is 8.47. The van der Waals surface area contributed by atoms with Gasteiger partial charge in [-0.2, -0.15) is 18.2 Å². The van der Waals surface area contributed by atoms with Crippen molar-refractivity contribution in [2.24, 2.45) is 0 Å². The van der Waals surface area contributed by atoms with Crippen LogP contribution in [0.5, 0.6) is 0 Å². The Morgan fingerprint density at radius 1 is 1.12 bits per heavy atom. The lowest BCUT2D eigenvalue weighted by molar-refractivity contribution is -0.138. The van der Waals surface area contributed by atoms with E-state index in [9.17, 15) is 18.0 Å².